The van der Waals surface area contributed by atoms with E-state index in [9.17, 15) is 52.7 Å². The molecular formula is C58H49Cl2F12SiZr-3. The Morgan fingerprint density at radius 2 is 0.824 bits per heavy atom. The smallest absolute Gasteiger partial charge is 0.0920 e. The number of halogens is 14. The van der Waals surface area contributed by atoms with Crippen LogP contribution in [-0.4, -0.2) is 9.52 Å². The molecule has 0 aromatic heterocycles. The van der Waals surface area contributed by atoms with Crippen LogP contribution in [0.15, 0.2) is 127 Å². The molecule has 0 bridgehead atoms. The van der Waals surface area contributed by atoms with Gasteiger partial charge in [-0.1, -0.05) is 113 Å². The van der Waals surface area contributed by atoms with E-state index in [1.165, 1.54) is 21.5 Å². The molecule has 8 aromatic rings. The molecule has 16 heteroatoms. The zero-order chi connectivity index (χ0) is 54.8. The second kappa shape index (κ2) is 23.3. The summed E-state index contributed by atoms with van der Waals surface area (Å²) in [6.07, 6.45) is -19.5. The van der Waals surface area contributed by atoms with Crippen molar-refractivity contribution >= 4 is 58.5 Å². The first kappa shape index (κ1) is 58.6. The normalized spacial score (nSPS) is 12.6. The monoisotopic (exact) mass is 1160 g/mol. The fourth-order valence-electron chi connectivity index (χ4n) is 8.84. The van der Waals surface area contributed by atoms with Crippen LogP contribution in [0.2, 0.25) is 0 Å². The average molecular weight is 1160 g/mol. The summed E-state index contributed by atoms with van der Waals surface area (Å²) in [6, 6.07) is 36.7. The second-order valence-electron chi connectivity index (χ2n) is 19.1. The van der Waals surface area contributed by atoms with Crippen LogP contribution in [0.3, 0.4) is 0 Å². The minimum absolute atomic E-state index is 0.0673. The first-order chi connectivity index (χ1) is 34.4. The van der Waals surface area contributed by atoms with Crippen molar-refractivity contribution in [2.75, 3.05) is 0 Å². The largest absolute Gasteiger partial charge is 0.184 e. The van der Waals surface area contributed by atoms with Crippen LogP contribution < -0.4 is 10.4 Å². The van der Waals surface area contributed by atoms with Crippen molar-refractivity contribution in [1.29, 1.82) is 0 Å². The van der Waals surface area contributed by atoms with Gasteiger partial charge in [0.15, 0.2) is 0 Å². The molecule has 0 spiro atoms. The SMILES string of the molecule is CC(C)c1cc2c(-c3cc(C(F)(F)F)cc(C(F)(F)F)c3)c(C(C)C)ccc2[cH-]1.CC(C)c1cc2c(-c3cc(C(F)(F)F)cc(C(F)(F)F)c3)c(C(C)C)ccc2[cH-]1.[Cl][Zr][Cl].[c-]1cccc2c1[Si]c1ccccc1-2. The third-order valence-electron chi connectivity index (χ3n) is 12.6. The minimum atomic E-state index is -4.88. The van der Waals surface area contributed by atoms with E-state index in [1.807, 2.05) is 97.9 Å². The summed E-state index contributed by atoms with van der Waals surface area (Å²) in [7, 11) is 10.7. The summed E-state index contributed by atoms with van der Waals surface area (Å²) in [5.41, 5.74) is 1.70. The molecule has 0 fully saturated rings. The Morgan fingerprint density at radius 1 is 0.459 bits per heavy atom. The van der Waals surface area contributed by atoms with Gasteiger partial charge in [-0.3, -0.25) is 0 Å². The first-order valence-corrected chi connectivity index (χ1v) is 30.7. The maximum atomic E-state index is 13.4. The van der Waals surface area contributed by atoms with Crippen molar-refractivity contribution in [2.24, 2.45) is 0 Å². The van der Waals surface area contributed by atoms with Gasteiger partial charge in [-0.05, 0) is 71.2 Å². The van der Waals surface area contributed by atoms with Crippen LogP contribution in [0.4, 0.5) is 52.7 Å². The minimum Gasteiger partial charge on any atom is -0.184 e. The Kier molecular flexibility index (Phi) is 18.5. The molecule has 0 atom stereocenters. The molecule has 0 amide bonds. The summed E-state index contributed by atoms with van der Waals surface area (Å²) in [5, 5.41) is 5.78. The number of alkyl halides is 12. The molecule has 1 heterocycles. The number of rotatable bonds is 6. The van der Waals surface area contributed by atoms with Gasteiger partial charge in [-0.25, -0.2) is 0 Å². The molecule has 1 aliphatic rings. The van der Waals surface area contributed by atoms with Crippen molar-refractivity contribution in [2.45, 2.75) is 104 Å². The van der Waals surface area contributed by atoms with E-state index in [-0.39, 0.29) is 46.9 Å². The standard InChI is InChI=1S/2C23H21F6.C12H7Si.2ClH.Zr/c2*1-12(2)15-7-14-5-6-19(13(3)4)21(20(14)10-15)16-8-17(22(24,25)26)11-18(9-16)23(27,28)29;1-3-7-11-9(5-1)10-6-2-4-8-12(10)13-11;;;/h2*5-13H,1-4H3;1-7H;2*1H;/q3*-1;;;+2/p-2. The Labute approximate surface area is 444 Å². The van der Waals surface area contributed by atoms with Crippen LogP contribution in [0.1, 0.15) is 124 Å². The van der Waals surface area contributed by atoms with E-state index in [0.717, 1.165) is 55.7 Å². The Morgan fingerprint density at radius 3 is 1.18 bits per heavy atom. The van der Waals surface area contributed by atoms with E-state index >= 15 is 0 Å². The van der Waals surface area contributed by atoms with Gasteiger partial charge in [0.2, 0.25) is 0 Å². The molecule has 9 rings (SSSR count). The van der Waals surface area contributed by atoms with Crippen LogP contribution >= 0.6 is 17.0 Å². The molecule has 0 saturated heterocycles. The van der Waals surface area contributed by atoms with Crippen LogP contribution in [0, 0.1) is 6.07 Å². The van der Waals surface area contributed by atoms with Crippen molar-refractivity contribution in [1.82, 2.24) is 0 Å². The van der Waals surface area contributed by atoms with E-state index < -0.39 is 67.8 Å². The molecule has 0 nitrogen and oxygen atoms in total. The summed E-state index contributed by atoms with van der Waals surface area (Å²) in [4.78, 5) is 0. The molecule has 2 radical (unpaired) electrons. The number of fused-ring (bicyclic) bond motifs is 5. The molecule has 0 saturated carbocycles. The molecule has 0 unspecified atom stereocenters. The van der Waals surface area contributed by atoms with E-state index in [0.29, 0.717) is 33.0 Å². The van der Waals surface area contributed by atoms with E-state index in [4.69, 9.17) is 17.0 Å². The number of hydrogen-bond donors (Lipinski definition) is 0. The fraction of sp³-hybridized carbons (Fsp3) is 0.276. The van der Waals surface area contributed by atoms with Crippen molar-refractivity contribution in [3.63, 3.8) is 0 Å². The number of benzene rings is 6. The second-order valence-corrected chi connectivity index (χ2v) is 24.1. The Balaban J connectivity index is 0.000000186. The maximum absolute atomic E-state index is 13.4. The van der Waals surface area contributed by atoms with Crippen LogP contribution in [0.5, 0.6) is 0 Å². The van der Waals surface area contributed by atoms with Gasteiger partial charge in [0.25, 0.3) is 0 Å². The topological polar surface area (TPSA) is 0 Å². The molecule has 0 N–H and O–H groups in total. The zero-order valence-corrected chi connectivity index (χ0v) is 46.2. The van der Waals surface area contributed by atoms with Crippen molar-refractivity contribution < 1.29 is 73.5 Å². The van der Waals surface area contributed by atoms with Crippen molar-refractivity contribution in [3.05, 3.63) is 178 Å². The predicted octanol–water partition coefficient (Wildman–Crippen LogP) is 19.5. The third-order valence-corrected chi connectivity index (χ3v) is 13.9. The van der Waals surface area contributed by atoms with Gasteiger partial charge >= 0.3 is 62.6 Å². The molecular weight excluding hydrogens is 1110 g/mol. The molecule has 8 aromatic carbocycles. The van der Waals surface area contributed by atoms with E-state index in [1.54, 1.807) is 12.1 Å². The predicted molar refractivity (Wildman–Crippen MR) is 274 cm³/mol. The van der Waals surface area contributed by atoms with Gasteiger partial charge in [0, 0.05) is 0 Å². The zero-order valence-electron chi connectivity index (χ0n) is 41.2. The van der Waals surface area contributed by atoms with Gasteiger partial charge in [0.05, 0.1) is 31.8 Å². The summed E-state index contributed by atoms with van der Waals surface area (Å²) in [6.45, 7) is 15.4. The molecule has 0 aliphatic carbocycles. The number of hydrogen-bond acceptors (Lipinski definition) is 0. The quantitative estimate of drug-likeness (QED) is 0.0884. The van der Waals surface area contributed by atoms with Crippen LogP contribution in [-0.2, 0) is 45.6 Å². The van der Waals surface area contributed by atoms with Gasteiger partial charge in [-0.2, -0.15) is 94.3 Å². The van der Waals surface area contributed by atoms with E-state index in [2.05, 4.69) is 42.5 Å². The molecule has 390 valence electrons. The average Bonchev–Trinajstić information content (AvgIpc) is 4.06. The molecule has 1 aliphatic heterocycles. The fourth-order valence-corrected chi connectivity index (χ4v) is 10.2. The third kappa shape index (κ3) is 13.7. The van der Waals surface area contributed by atoms with Crippen molar-refractivity contribution in [3.8, 4) is 33.4 Å². The summed E-state index contributed by atoms with van der Waals surface area (Å²) >= 11 is -0.826. The van der Waals surface area contributed by atoms with Gasteiger partial charge in [-0.15, -0.1) is 74.6 Å². The summed E-state index contributed by atoms with van der Waals surface area (Å²) < 4.78 is 160. The maximum Gasteiger partial charge on any atom is 0.0920 e. The van der Waals surface area contributed by atoms with Crippen LogP contribution in [0.25, 0.3) is 54.9 Å². The first-order valence-electron chi connectivity index (χ1n) is 23.3. The summed E-state index contributed by atoms with van der Waals surface area (Å²) in [5.74, 6) is 0.223. The Bertz CT molecular complexity index is 2950. The Hall–Kier alpha value is -4.62. The van der Waals surface area contributed by atoms with Gasteiger partial charge < -0.3 is 0 Å². The van der Waals surface area contributed by atoms with Gasteiger partial charge in [0.1, 0.15) is 0 Å². The molecule has 74 heavy (non-hydrogen) atoms.